The predicted molar refractivity (Wildman–Crippen MR) is 58.5 cm³/mol. The molecule has 0 saturated carbocycles. The van der Waals surface area contributed by atoms with Crippen LogP contribution in [0.5, 0.6) is 0 Å². The molecule has 0 bridgehead atoms. The third-order valence-electron chi connectivity index (χ3n) is 2.00. The van der Waals surface area contributed by atoms with Gasteiger partial charge in [-0.15, -0.1) is 0 Å². The highest BCUT2D eigenvalue weighted by molar-refractivity contribution is 6.36. The molecule has 5 heteroatoms. The summed E-state index contributed by atoms with van der Waals surface area (Å²) in [7, 11) is 0. The smallest absolute Gasteiger partial charge is 0.142 e. The molecule has 1 rings (SSSR count). The lowest BCUT2D eigenvalue weighted by Gasteiger charge is -2.15. The second-order valence-electron chi connectivity index (χ2n) is 3.02. The van der Waals surface area contributed by atoms with Gasteiger partial charge in [0.25, 0.3) is 0 Å². The Morgan fingerprint density at radius 3 is 2.80 bits per heavy atom. The molecule has 0 heterocycles. The Bertz CT molecular complexity index is 401. The Morgan fingerprint density at radius 1 is 1.53 bits per heavy atom. The van der Waals surface area contributed by atoms with Crippen molar-refractivity contribution in [3.63, 3.8) is 0 Å². The Labute approximate surface area is 97.6 Å². The van der Waals surface area contributed by atoms with E-state index in [0.29, 0.717) is 10.6 Å². The van der Waals surface area contributed by atoms with E-state index in [9.17, 15) is 4.39 Å². The van der Waals surface area contributed by atoms with Crippen molar-refractivity contribution < 1.29 is 4.39 Å². The number of benzene rings is 1. The molecular formula is C10H9Cl2FN2. The molecular weight excluding hydrogens is 238 g/mol. The van der Waals surface area contributed by atoms with Crippen molar-refractivity contribution in [3.8, 4) is 6.07 Å². The zero-order valence-electron chi connectivity index (χ0n) is 8.02. The number of nitriles is 1. The number of halogens is 3. The molecule has 0 amide bonds. The van der Waals surface area contributed by atoms with Gasteiger partial charge in [-0.1, -0.05) is 23.2 Å². The second kappa shape index (κ2) is 5.32. The summed E-state index contributed by atoms with van der Waals surface area (Å²) < 4.78 is 13.2. The molecule has 1 N–H and O–H groups in total. The van der Waals surface area contributed by atoms with Crippen LogP contribution in [-0.4, -0.2) is 6.54 Å². The predicted octanol–water partition coefficient (Wildman–Crippen LogP) is 3.31. The number of nitrogens with one attached hydrogen (secondary N) is 1. The molecule has 1 aromatic rings. The van der Waals surface area contributed by atoms with Crippen LogP contribution in [0.2, 0.25) is 10.0 Å². The largest absolute Gasteiger partial charge is 0.298 e. The van der Waals surface area contributed by atoms with Crippen molar-refractivity contribution in [2.24, 2.45) is 0 Å². The summed E-state index contributed by atoms with van der Waals surface area (Å²) in [6.07, 6.45) is 0. The SMILES string of the molecule is C[C@H](NCC#N)c1c(Cl)ccc(F)c1Cl. The molecule has 1 atom stereocenters. The minimum atomic E-state index is -0.512. The fourth-order valence-electron chi connectivity index (χ4n) is 1.24. The zero-order chi connectivity index (χ0) is 11.4. The number of rotatable bonds is 3. The lowest BCUT2D eigenvalue weighted by molar-refractivity contribution is 0.597. The fourth-order valence-corrected chi connectivity index (χ4v) is 1.94. The minimum Gasteiger partial charge on any atom is -0.298 e. The summed E-state index contributed by atoms with van der Waals surface area (Å²) in [5.74, 6) is -0.512. The molecule has 0 aliphatic rings. The Hall–Kier alpha value is -0.820. The Morgan fingerprint density at radius 2 is 2.20 bits per heavy atom. The zero-order valence-corrected chi connectivity index (χ0v) is 9.53. The van der Waals surface area contributed by atoms with Gasteiger partial charge in [-0.3, -0.25) is 5.32 Å². The van der Waals surface area contributed by atoms with Crippen molar-refractivity contribution in [2.45, 2.75) is 13.0 Å². The van der Waals surface area contributed by atoms with Gasteiger partial charge in [0.05, 0.1) is 17.6 Å². The van der Waals surface area contributed by atoms with Crippen LogP contribution >= 0.6 is 23.2 Å². The van der Waals surface area contributed by atoms with Gasteiger partial charge in [0.2, 0.25) is 0 Å². The van der Waals surface area contributed by atoms with Crippen LogP contribution < -0.4 is 5.32 Å². The van der Waals surface area contributed by atoms with E-state index in [-0.39, 0.29) is 17.6 Å². The highest BCUT2D eigenvalue weighted by Crippen LogP contribution is 2.32. The summed E-state index contributed by atoms with van der Waals surface area (Å²) >= 11 is 11.7. The summed E-state index contributed by atoms with van der Waals surface area (Å²) in [5.41, 5.74) is 0.480. The first kappa shape index (κ1) is 12.3. The molecule has 0 radical (unpaired) electrons. The quantitative estimate of drug-likeness (QED) is 0.657. The van der Waals surface area contributed by atoms with Gasteiger partial charge in [-0.05, 0) is 19.1 Å². The maximum atomic E-state index is 13.2. The second-order valence-corrected chi connectivity index (χ2v) is 3.80. The van der Waals surface area contributed by atoms with Gasteiger partial charge in [0, 0.05) is 16.6 Å². The summed E-state index contributed by atoms with van der Waals surface area (Å²) in [5, 5.41) is 11.7. The Kier molecular flexibility index (Phi) is 4.34. The van der Waals surface area contributed by atoms with E-state index in [1.54, 1.807) is 6.92 Å². The van der Waals surface area contributed by atoms with Crippen LogP contribution in [0.4, 0.5) is 4.39 Å². The van der Waals surface area contributed by atoms with Crippen molar-refractivity contribution in [3.05, 3.63) is 33.6 Å². The topological polar surface area (TPSA) is 35.8 Å². The van der Waals surface area contributed by atoms with Crippen LogP contribution in [0.3, 0.4) is 0 Å². The molecule has 0 saturated heterocycles. The lowest BCUT2D eigenvalue weighted by Crippen LogP contribution is -2.19. The summed E-state index contributed by atoms with van der Waals surface area (Å²) in [6.45, 7) is 1.92. The maximum absolute atomic E-state index is 13.2. The molecule has 80 valence electrons. The van der Waals surface area contributed by atoms with Crippen LogP contribution in [0.1, 0.15) is 18.5 Å². The lowest BCUT2D eigenvalue weighted by atomic mass is 10.1. The van der Waals surface area contributed by atoms with Gasteiger partial charge >= 0.3 is 0 Å². The molecule has 0 spiro atoms. The first-order valence-corrected chi connectivity index (χ1v) is 5.07. The van der Waals surface area contributed by atoms with Crippen molar-refractivity contribution in [1.29, 1.82) is 5.26 Å². The van der Waals surface area contributed by atoms with Crippen molar-refractivity contribution in [2.75, 3.05) is 6.54 Å². The van der Waals surface area contributed by atoms with E-state index in [1.807, 2.05) is 6.07 Å². The maximum Gasteiger partial charge on any atom is 0.142 e. The standard InChI is InChI=1S/C10H9Cl2FN2/c1-6(15-5-4-14)9-7(11)2-3-8(13)10(9)12/h2-3,6,15H,5H2,1H3/t6-/m0/s1. The number of hydrogen-bond donors (Lipinski definition) is 1. The highest BCUT2D eigenvalue weighted by Gasteiger charge is 2.16. The first-order valence-electron chi connectivity index (χ1n) is 4.31. The molecule has 0 aliphatic carbocycles. The van der Waals surface area contributed by atoms with E-state index in [1.165, 1.54) is 12.1 Å². The molecule has 0 aromatic heterocycles. The van der Waals surface area contributed by atoms with Gasteiger partial charge < -0.3 is 0 Å². The van der Waals surface area contributed by atoms with Gasteiger partial charge in [-0.25, -0.2) is 4.39 Å². The van der Waals surface area contributed by atoms with E-state index in [4.69, 9.17) is 28.5 Å². The van der Waals surface area contributed by atoms with Gasteiger partial charge in [0.15, 0.2) is 0 Å². The van der Waals surface area contributed by atoms with Crippen LogP contribution in [0, 0.1) is 17.1 Å². The summed E-state index contributed by atoms with van der Waals surface area (Å²) in [4.78, 5) is 0. The molecule has 1 aromatic carbocycles. The van der Waals surface area contributed by atoms with E-state index in [0.717, 1.165) is 0 Å². The third kappa shape index (κ3) is 2.82. The van der Waals surface area contributed by atoms with Gasteiger partial charge in [0.1, 0.15) is 5.82 Å². The van der Waals surface area contributed by atoms with E-state index < -0.39 is 5.82 Å². The fraction of sp³-hybridized carbons (Fsp3) is 0.300. The number of hydrogen-bond acceptors (Lipinski definition) is 2. The van der Waals surface area contributed by atoms with Crippen LogP contribution in [0.25, 0.3) is 0 Å². The molecule has 2 nitrogen and oxygen atoms in total. The van der Waals surface area contributed by atoms with Crippen molar-refractivity contribution in [1.82, 2.24) is 5.32 Å². The van der Waals surface area contributed by atoms with Gasteiger partial charge in [-0.2, -0.15) is 5.26 Å². The van der Waals surface area contributed by atoms with Crippen molar-refractivity contribution >= 4 is 23.2 Å². The minimum absolute atomic E-state index is 0.000407. The molecule has 15 heavy (non-hydrogen) atoms. The number of nitrogens with zero attached hydrogens (tertiary/aromatic N) is 1. The summed E-state index contributed by atoms with van der Waals surface area (Å²) in [6, 6.07) is 4.33. The van der Waals surface area contributed by atoms with E-state index in [2.05, 4.69) is 5.32 Å². The van der Waals surface area contributed by atoms with Crippen LogP contribution in [0.15, 0.2) is 12.1 Å². The molecule has 0 aliphatic heterocycles. The monoisotopic (exact) mass is 246 g/mol. The average Bonchev–Trinajstić information content (AvgIpc) is 2.21. The van der Waals surface area contributed by atoms with Crippen LogP contribution in [-0.2, 0) is 0 Å². The first-order chi connectivity index (χ1) is 7.07. The van der Waals surface area contributed by atoms with E-state index >= 15 is 0 Å². The normalized spacial score (nSPS) is 12.2. The third-order valence-corrected chi connectivity index (χ3v) is 2.71. The average molecular weight is 247 g/mol. The highest BCUT2D eigenvalue weighted by atomic mass is 35.5. The Balaban J connectivity index is 3.02. The molecule has 0 fully saturated rings. The molecule has 0 unspecified atom stereocenters.